The average Bonchev–Trinajstić information content (AvgIpc) is 2.96. The maximum Gasteiger partial charge on any atom is 0.322 e. The first-order valence-corrected chi connectivity index (χ1v) is 8.61. The van der Waals surface area contributed by atoms with Crippen molar-refractivity contribution < 1.29 is 14.4 Å². The Morgan fingerprint density at radius 1 is 1.00 bits per heavy atom. The van der Waals surface area contributed by atoms with Gasteiger partial charge in [0, 0.05) is 18.7 Å². The Balaban J connectivity index is 1.82. The molecule has 3 rings (SSSR count). The number of carbonyl (C=O) groups is 3. The lowest BCUT2D eigenvalue weighted by Crippen LogP contribution is -2.45. The molecule has 2 N–H and O–H groups in total. The molecule has 2 aromatic rings. The van der Waals surface area contributed by atoms with E-state index in [4.69, 9.17) is 0 Å². The summed E-state index contributed by atoms with van der Waals surface area (Å²) >= 11 is 0. The second kappa shape index (κ2) is 7.39. The van der Waals surface area contributed by atoms with Crippen molar-refractivity contribution in [2.45, 2.75) is 25.3 Å². The number of rotatable bonds is 6. The van der Waals surface area contributed by atoms with E-state index < -0.39 is 17.5 Å². The SMILES string of the molecule is CCN(C(=O)CCC1(c2ccccc2)NC(=O)NC1=O)c1ccccc1. The van der Waals surface area contributed by atoms with E-state index in [0.717, 1.165) is 5.69 Å². The molecule has 0 aromatic heterocycles. The molecule has 1 fully saturated rings. The molecular formula is C20H21N3O3. The number of amides is 4. The van der Waals surface area contributed by atoms with Gasteiger partial charge in [-0.05, 0) is 31.0 Å². The number of nitrogens with one attached hydrogen (secondary N) is 2. The van der Waals surface area contributed by atoms with Crippen molar-refractivity contribution in [2.75, 3.05) is 11.4 Å². The number of nitrogens with zero attached hydrogens (tertiary/aromatic N) is 1. The van der Waals surface area contributed by atoms with Crippen LogP contribution in [0.25, 0.3) is 0 Å². The van der Waals surface area contributed by atoms with Gasteiger partial charge in [0.25, 0.3) is 5.91 Å². The van der Waals surface area contributed by atoms with Crippen molar-refractivity contribution in [1.82, 2.24) is 10.6 Å². The minimum absolute atomic E-state index is 0.0945. The fourth-order valence-electron chi connectivity index (χ4n) is 3.28. The number of imide groups is 1. The third-order valence-electron chi connectivity index (χ3n) is 4.61. The molecule has 1 saturated heterocycles. The highest BCUT2D eigenvalue weighted by Gasteiger charge is 2.47. The standard InChI is InChI=1S/C20H21N3O3/c1-2-23(16-11-7-4-8-12-16)17(24)13-14-20(15-9-5-3-6-10-15)18(25)21-19(26)22-20/h3-12H,2,13-14H2,1H3,(H2,21,22,25,26). The van der Waals surface area contributed by atoms with E-state index in [1.165, 1.54) is 0 Å². The van der Waals surface area contributed by atoms with E-state index >= 15 is 0 Å². The Morgan fingerprint density at radius 3 is 2.15 bits per heavy atom. The van der Waals surface area contributed by atoms with Gasteiger partial charge in [0.2, 0.25) is 5.91 Å². The summed E-state index contributed by atoms with van der Waals surface area (Å²) in [6.07, 6.45) is 0.322. The summed E-state index contributed by atoms with van der Waals surface area (Å²) < 4.78 is 0. The van der Waals surface area contributed by atoms with Crippen molar-refractivity contribution in [3.8, 4) is 0 Å². The van der Waals surface area contributed by atoms with Crippen LogP contribution in [0.1, 0.15) is 25.3 Å². The number of carbonyl (C=O) groups excluding carboxylic acids is 3. The zero-order valence-electron chi connectivity index (χ0n) is 14.6. The molecule has 2 aromatic carbocycles. The van der Waals surface area contributed by atoms with Crippen LogP contribution in [0.3, 0.4) is 0 Å². The zero-order valence-corrected chi connectivity index (χ0v) is 14.6. The van der Waals surface area contributed by atoms with Crippen LogP contribution in [0.5, 0.6) is 0 Å². The maximum atomic E-state index is 12.8. The normalized spacial score (nSPS) is 19.0. The van der Waals surface area contributed by atoms with Crippen LogP contribution in [0.2, 0.25) is 0 Å². The van der Waals surface area contributed by atoms with E-state index in [2.05, 4.69) is 10.6 Å². The van der Waals surface area contributed by atoms with Crippen molar-refractivity contribution in [2.24, 2.45) is 0 Å². The summed E-state index contributed by atoms with van der Waals surface area (Å²) in [5.41, 5.74) is 0.261. The summed E-state index contributed by atoms with van der Waals surface area (Å²) in [5.74, 6) is -0.521. The summed E-state index contributed by atoms with van der Waals surface area (Å²) in [5, 5.41) is 5.01. The van der Waals surface area contributed by atoms with Crippen LogP contribution in [-0.2, 0) is 15.1 Å². The number of para-hydroxylation sites is 1. The summed E-state index contributed by atoms with van der Waals surface area (Å²) in [6, 6.07) is 17.9. The lowest BCUT2D eigenvalue weighted by atomic mass is 9.85. The second-order valence-corrected chi connectivity index (χ2v) is 6.15. The highest BCUT2D eigenvalue weighted by atomic mass is 16.2. The number of hydrogen-bond acceptors (Lipinski definition) is 3. The quantitative estimate of drug-likeness (QED) is 0.785. The summed E-state index contributed by atoms with van der Waals surface area (Å²) in [4.78, 5) is 38.7. The Kier molecular flexibility index (Phi) is 5.02. The first-order chi connectivity index (χ1) is 12.6. The fourth-order valence-corrected chi connectivity index (χ4v) is 3.28. The summed E-state index contributed by atoms with van der Waals surface area (Å²) in [7, 11) is 0. The van der Waals surface area contributed by atoms with Gasteiger partial charge in [0.1, 0.15) is 5.54 Å². The molecule has 1 atom stereocenters. The third-order valence-corrected chi connectivity index (χ3v) is 4.61. The topological polar surface area (TPSA) is 78.5 Å². The van der Waals surface area contributed by atoms with Gasteiger partial charge in [0.15, 0.2) is 0 Å². The van der Waals surface area contributed by atoms with Crippen LogP contribution in [0.4, 0.5) is 10.5 Å². The summed E-state index contributed by atoms with van der Waals surface area (Å²) in [6.45, 7) is 2.43. The van der Waals surface area contributed by atoms with Gasteiger partial charge < -0.3 is 10.2 Å². The van der Waals surface area contributed by atoms with Gasteiger partial charge in [-0.25, -0.2) is 4.79 Å². The van der Waals surface area contributed by atoms with Crippen molar-refractivity contribution in [1.29, 1.82) is 0 Å². The monoisotopic (exact) mass is 351 g/mol. The number of anilines is 1. The van der Waals surface area contributed by atoms with E-state index in [0.29, 0.717) is 12.1 Å². The number of hydrogen-bond donors (Lipinski definition) is 2. The molecule has 6 heteroatoms. The van der Waals surface area contributed by atoms with Crippen molar-refractivity contribution in [3.05, 3.63) is 66.2 Å². The molecule has 6 nitrogen and oxygen atoms in total. The molecule has 1 aliphatic heterocycles. The van der Waals surface area contributed by atoms with Crippen molar-refractivity contribution >= 4 is 23.5 Å². The molecule has 4 amide bonds. The minimum atomic E-state index is -1.22. The lowest BCUT2D eigenvalue weighted by Gasteiger charge is -2.28. The molecule has 26 heavy (non-hydrogen) atoms. The molecule has 1 unspecified atom stereocenters. The predicted molar refractivity (Wildman–Crippen MR) is 98.5 cm³/mol. The van der Waals surface area contributed by atoms with Crippen LogP contribution >= 0.6 is 0 Å². The van der Waals surface area contributed by atoms with E-state index in [1.807, 2.05) is 43.3 Å². The maximum absolute atomic E-state index is 12.8. The van der Waals surface area contributed by atoms with Gasteiger partial charge in [-0.1, -0.05) is 48.5 Å². The first kappa shape index (κ1) is 17.7. The molecule has 0 aliphatic carbocycles. The molecule has 0 bridgehead atoms. The Bertz CT molecular complexity index is 808. The van der Waals surface area contributed by atoms with Gasteiger partial charge >= 0.3 is 6.03 Å². The fraction of sp³-hybridized carbons (Fsp3) is 0.250. The van der Waals surface area contributed by atoms with Crippen LogP contribution in [0.15, 0.2) is 60.7 Å². The molecule has 0 spiro atoms. The predicted octanol–water partition coefficient (Wildman–Crippen LogP) is 2.55. The molecule has 1 heterocycles. The van der Waals surface area contributed by atoms with Crippen molar-refractivity contribution in [3.63, 3.8) is 0 Å². The molecule has 0 radical (unpaired) electrons. The lowest BCUT2D eigenvalue weighted by molar-refractivity contribution is -0.125. The molecule has 1 aliphatic rings. The average molecular weight is 351 g/mol. The van der Waals surface area contributed by atoms with E-state index in [1.54, 1.807) is 29.2 Å². The highest BCUT2D eigenvalue weighted by Crippen LogP contribution is 2.30. The van der Waals surface area contributed by atoms with Gasteiger partial charge in [-0.2, -0.15) is 0 Å². The van der Waals surface area contributed by atoms with Gasteiger partial charge in [-0.15, -0.1) is 0 Å². The second-order valence-electron chi connectivity index (χ2n) is 6.15. The van der Waals surface area contributed by atoms with Crippen LogP contribution in [-0.4, -0.2) is 24.4 Å². The van der Waals surface area contributed by atoms with Gasteiger partial charge in [-0.3, -0.25) is 14.9 Å². The Labute approximate surface area is 152 Å². The first-order valence-electron chi connectivity index (χ1n) is 8.61. The number of urea groups is 1. The van der Waals surface area contributed by atoms with Crippen LogP contribution < -0.4 is 15.5 Å². The molecule has 0 saturated carbocycles. The minimum Gasteiger partial charge on any atom is -0.319 e. The van der Waals surface area contributed by atoms with Crippen LogP contribution in [0, 0.1) is 0 Å². The van der Waals surface area contributed by atoms with Gasteiger partial charge in [0.05, 0.1) is 0 Å². The molecule has 134 valence electrons. The smallest absolute Gasteiger partial charge is 0.319 e. The van der Waals surface area contributed by atoms with E-state index in [-0.39, 0.29) is 18.7 Å². The Hall–Kier alpha value is -3.15. The Morgan fingerprint density at radius 2 is 1.62 bits per heavy atom. The number of benzene rings is 2. The third kappa shape index (κ3) is 3.31. The largest absolute Gasteiger partial charge is 0.322 e. The van der Waals surface area contributed by atoms with E-state index in [9.17, 15) is 14.4 Å². The molecular weight excluding hydrogens is 330 g/mol. The zero-order chi connectivity index (χ0) is 18.6. The highest BCUT2D eigenvalue weighted by molar-refractivity contribution is 6.07.